The lowest BCUT2D eigenvalue weighted by molar-refractivity contribution is -0.139. The fraction of sp³-hybridized carbons (Fsp3) is 0.700. The third-order valence-corrected chi connectivity index (χ3v) is 2.50. The number of carbonyl (C=O) groups excluding carboxylic acids is 2. The topological polar surface area (TPSA) is 113 Å². The van der Waals surface area contributed by atoms with E-state index in [4.69, 9.17) is 10.8 Å². The van der Waals surface area contributed by atoms with E-state index in [2.05, 4.69) is 5.32 Å². The molecule has 7 nitrogen and oxygen atoms in total. The van der Waals surface area contributed by atoms with E-state index >= 15 is 0 Å². The van der Waals surface area contributed by atoms with Gasteiger partial charge in [-0.2, -0.15) is 0 Å². The number of nitrogens with two attached hydrogens (primary N) is 1. The molecule has 17 heavy (non-hydrogen) atoms. The van der Waals surface area contributed by atoms with E-state index in [9.17, 15) is 14.4 Å². The Hall–Kier alpha value is -1.63. The molecule has 0 heterocycles. The number of hydrogen-bond acceptors (Lipinski definition) is 4. The van der Waals surface area contributed by atoms with Crippen molar-refractivity contribution in [2.24, 2.45) is 5.73 Å². The van der Waals surface area contributed by atoms with Crippen LogP contribution < -0.4 is 11.1 Å². The van der Waals surface area contributed by atoms with Gasteiger partial charge in [-0.15, -0.1) is 0 Å². The van der Waals surface area contributed by atoms with Crippen LogP contribution in [0.1, 0.15) is 19.3 Å². The Bertz CT molecular complexity index is 315. The molecule has 1 fully saturated rings. The van der Waals surface area contributed by atoms with E-state index in [0.29, 0.717) is 0 Å². The van der Waals surface area contributed by atoms with Crippen LogP contribution in [0.3, 0.4) is 0 Å². The van der Waals surface area contributed by atoms with Gasteiger partial charge in [0.05, 0.1) is 19.5 Å². The highest BCUT2D eigenvalue weighted by Gasteiger charge is 2.32. The number of nitrogens with zero attached hydrogens (tertiary/aromatic N) is 1. The van der Waals surface area contributed by atoms with Crippen LogP contribution in [0.15, 0.2) is 0 Å². The summed E-state index contributed by atoms with van der Waals surface area (Å²) < 4.78 is 0. The second-order valence-electron chi connectivity index (χ2n) is 3.94. The van der Waals surface area contributed by atoms with Crippen molar-refractivity contribution in [3.05, 3.63) is 0 Å². The first-order chi connectivity index (χ1) is 8.04. The van der Waals surface area contributed by atoms with Crippen LogP contribution in [0.4, 0.5) is 0 Å². The molecule has 0 aromatic heterocycles. The van der Waals surface area contributed by atoms with Gasteiger partial charge in [-0.05, 0) is 12.8 Å². The molecule has 96 valence electrons. The Balaban J connectivity index is 2.38. The minimum Gasteiger partial charge on any atom is -0.481 e. The summed E-state index contributed by atoms with van der Waals surface area (Å²) in [6.45, 7) is -0.0880. The molecule has 0 spiro atoms. The smallest absolute Gasteiger partial charge is 0.305 e. The summed E-state index contributed by atoms with van der Waals surface area (Å²) in [5.41, 5.74) is 5.09. The van der Waals surface area contributed by atoms with Crippen molar-refractivity contribution in [2.45, 2.75) is 25.3 Å². The van der Waals surface area contributed by atoms with Gasteiger partial charge in [0.25, 0.3) is 0 Å². The van der Waals surface area contributed by atoms with Gasteiger partial charge in [0.15, 0.2) is 0 Å². The minimum atomic E-state index is -0.936. The first kappa shape index (κ1) is 13.4. The van der Waals surface area contributed by atoms with Gasteiger partial charge in [0.1, 0.15) is 0 Å². The van der Waals surface area contributed by atoms with Crippen molar-refractivity contribution in [3.8, 4) is 0 Å². The zero-order valence-corrected chi connectivity index (χ0v) is 9.52. The zero-order valence-electron chi connectivity index (χ0n) is 9.52. The number of rotatable bonds is 7. The molecule has 0 aromatic rings. The normalized spacial score (nSPS) is 14.2. The van der Waals surface area contributed by atoms with Gasteiger partial charge >= 0.3 is 5.97 Å². The molecule has 0 bridgehead atoms. The zero-order chi connectivity index (χ0) is 12.8. The predicted octanol–water partition coefficient (Wildman–Crippen LogP) is -1.47. The number of carbonyl (C=O) groups is 3. The molecule has 2 amide bonds. The number of carboxylic acid groups (broad SMARTS) is 1. The molecule has 1 saturated carbocycles. The third-order valence-electron chi connectivity index (χ3n) is 2.50. The summed E-state index contributed by atoms with van der Waals surface area (Å²) in [6.07, 6.45) is 1.72. The van der Waals surface area contributed by atoms with E-state index in [0.717, 1.165) is 12.8 Å². The lowest BCUT2D eigenvalue weighted by Crippen LogP contribution is -2.43. The quantitative estimate of drug-likeness (QED) is 0.505. The molecule has 7 heteroatoms. The van der Waals surface area contributed by atoms with Crippen LogP contribution in [-0.4, -0.2) is 53.5 Å². The van der Waals surface area contributed by atoms with Crippen molar-refractivity contribution < 1.29 is 19.5 Å². The Labute approximate surface area is 98.9 Å². The molecular formula is C10H17N3O4. The molecule has 1 rings (SSSR count). The summed E-state index contributed by atoms with van der Waals surface area (Å²) in [7, 11) is 0. The fourth-order valence-corrected chi connectivity index (χ4v) is 1.46. The van der Waals surface area contributed by atoms with Crippen LogP contribution in [0, 0.1) is 0 Å². The van der Waals surface area contributed by atoms with Crippen molar-refractivity contribution in [2.75, 3.05) is 19.6 Å². The van der Waals surface area contributed by atoms with Gasteiger partial charge in [0.2, 0.25) is 11.8 Å². The lowest BCUT2D eigenvalue weighted by Gasteiger charge is -2.21. The molecule has 0 aliphatic heterocycles. The van der Waals surface area contributed by atoms with Crippen LogP contribution in [-0.2, 0) is 14.4 Å². The largest absolute Gasteiger partial charge is 0.481 e. The molecule has 0 atom stereocenters. The van der Waals surface area contributed by atoms with Crippen molar-refractivity contribution in [1.29, 1.82) is 0 Å². The van der Waals surface area contributed by atoms with E-state index in [-0.39, 0.29) is 38.0 Å². The number of nitrogens with one attached hydrogen (secondary N) is 1. The maximum atomic E-state index is 11.7. The molecule has 0 saturated heterocycles. The van der Waals surface area contributed by atoms with Gasteiger partial charge in [-0.3, -0.25) is 14.4 Å². The highest BCUT2D eigenvalue weighted by molar-refractivity contribution is 5.86. The van der Waals surface area contributed by atoms with E-state index < -0.39 is 11.9 Å². The number of aliphatic carboxylic acids is 1. The first-order valence-corrected chi connectivity index (χ1v) is 5.52. The van der Waals surface area contributed by atoms with Gasteiger partial charge < -0.3 is 21.1 Å². The second-order valence-corrected chi connectivity index (χ2v) is 3.94. The van der Waals surface area contributed by atoms with Crippen molar-refractivity contribution >= 4 is 17.8 Å². The highest BCUT2D eigenvalue weighted by atomic mass is 16.4. The molecule has 1 aliphatic rings. The van der Waals surface area contributed by atoms with Crippen LogP contribution in [0.25, 0.3) is 0 Å². The summed E-state index contributed by atoms with van der Waals surface area (Å²) in [6, 6.07) is 0.136. The molecule has 0 aromatic carbocycles. The summed E-state index contributed by atoms with van der Waals surface area (Å²) in [5.74, 6) is -1.59. The third kappa shape index (κ3) is 4.81. The van der Waals surface area contributed by atoms with E-state index in [1.807, 2.05) is 0 Å². The second kappa shape index (κ2) is 6.19. The predicted molar refractivity (Wildman–Crippen MR) is 59.1 cm³/mol. The molecule has 0 unspecified atom stereocenters. The standard InChI is InChI=1S/C10H17N3O4/c11-5-8(14)12-6-9(15)13(7-1-2-7)4-3-10(16)17/h7H,1-6,11H2,(H,12,14)(H,16,17). The summed E-state index contributed by atoms with van der Waals surface area (Å²) >= 11 is 0. The molecular weight excluding hydrogens is 226 g/mol. The highest BCUT2D eigenvalue weighted by Crippen LogP contribution is 2.26. The number of amides is 2. The van der Waals surface area contributed by atoms with Crippen molar-refractivity contribution in [1.82, 2.24) is 10.2 Å². The van der Waals surface area contributed by atoms with Gasteiger partial charge in [-0.25, -0.2) is 0 Å². The van der Waals surface area contributed by atoms with E-state index in [1.54, 1.807) is 0 Å². The monoisotopic (exact) mass is 243 g/mol. The van der Waals surface area contributed by atoms with Crippen LogP contribution in [0.2, 0.25) is 0 Å². The van der Waals surface area contributed by atoms with Crippen LogP contribution >= 0.6 is 0 Å². The Morgan fingerprint density at radius 1 is 1.35 bits per heavy atom. The Morgan fingerprint density at radius 2 is 2.00 bits per heavy atom. The number of hydrogen-bond donors (Lipinski definition) is 3. The molecule has 1 aliphatic carbocycles. The van der Waals surface area contributed by atoms with Gasteiger partial charge in [0, 0.05) is 12.6 Å². The maximum absolute atomic E-state index is 11.7. The lowest BCUT2D eigenvalue weighted by atomic mass is 10.3. The maximum Gasteiger partial charge on any atom is 0.305 e. The summed E-state index contributed by atoms with van der Waals surface area (Å²) in [4.78, 5) is 34.6. The summed E-state index contributed by atoms with van der Waals surface area (Å²) in [5, 5.41) is 11.0. The SMILES string of the molecule is NCC(=O)NCC(=O)N(CCC(=O)O)C1CC1. The van der Waals surface area contributed by atoms with E-state index in [1.165, 1.54) is 4.90 Å². The van der Waals surface area contributed by atoms with Crippen molar-refractivity contribution in [3.63, 3.8) is 0 Å². The molecule has 0 radical (unpaired) electrons. The first-order valence-electron chi connectivity index (χ1n) is 5.52. The average Bonchev–Trinajstić information content (AvgIpc) is 3.09. The molecule has 4 N–H and O–H groups in total. The Kier molecular flexibility index (Phi) is 4.89. The van der Waals surface area contributed by atoms with Gasteiger partial charge in [-0.1, -0.05) is 0 Å². The number of carboxylic acids is 1. The average molecular weight is 243 g/mol. The fourth-order valence-electron chi connectivity index (χ4n) is 1.46. The minimum absolute atomic E-state index is 0.0763. The van der Waals surface area contributed by atoms with Crippen LogP contribution in [0.5, 0.6) is 0 Å². The Morgan fingerprint density at radius 3 is 2.47 bits per heavy atom.